The van der Waals surface area contributed by atoms with Gasteiger partial charge in [0.2, 0.25) is 0 Å². The number of alkyl halides is 3. The zero-order valence-corrected chi connectivity index (χ0v) is 14.7. The normalized spacial score (nSPS) is 17.0. The quantitative estimate of drug-likeness (QED) is 0.394. The fourth-order valence-electron chi connectivity index (χ4n) is 3.31. The van der Waals surface area contributed by atoms with E-state index in [4.69, 9.17) is 0 Å². The summed E-state index contributed by atoms with van der Waals surface area (Å²) in [5.41, 5.74) is 4.40. The van der Waals surface area contributed by atoms with Gasteiger partial charge in [0, 0.05) is 16.7 Å². The first kappa shape index (κ1) is 18.1. The summed E-state index contributed by atoms with van der Waals surface area (Å²) in [5.74, 6) is -0.433. The van der Waals surface area contributed by atoms with E-state index in [9.17, 15) is 17.6 Å². The van der Waals surface area contributed by atoms with Crippen molar-refractivity contribution < 1.29 is 17.6 Å². The van der Waals surface area contributed by atoms with Gasteiger partial charge in [-0.15, -0.1) is 5.73 Å². The van der Waals surface area contributed by atoms with Crippen molar-refractivity contribution in [1.82, 2.24) is 4.57 Å². The summed E-state index contributed by atoms with van der Waals surface area (Å²) in [6, 6.07) is 9.31. The van der Waals surface area contributed by atoms with Crippen LogP contribution in [-0.4, -0.2) is 10.7 Å². The SMILES string of the molecule is FC1=CC=C=CC=C1c1cc2ccccc2n1C1=CCC=C(C(F)(F)F)C=C1. The lowest BCUT2D eigenvalue weighted by Gasteiger charge is -2.13. The average molecular weight is 381 g/mol. The summed E-state index contributed by atoms with van der Waals surface area (Å²) in [6.45, 7) is 0. The number of para-hydroxylation sites is 1. The molecule has 0 fully saturated rings. The zero-order valence-electron chi connectivity index (χ0n) is 14.7. The molecule has 0 aliphatic heterocycles. The number of fused-ring (bicyclic) bond motifs is 1. The Morgan fingerprint density at radius 1 is 0.964 bits per heavy atom. The number of hydrogen-bond acceptors (Lipinski definition) is 0. The number of allylic oxidation sites excluding steroid dienone is 11. The van der Waals surface area contributed by atoms with E-state index in [2.05, 4.69) is 5.73 Å². The Bertz CT molecular complexity index is 1160. The number of halogens is 4. The molecule has 0 atom stereocenters. The first-order chi connectivity index (χ1) is 13.4. The molecule has 0 N–H and O–H groups in total. The Morgan fingerprint density at radius 2 is 1.75 bits per heavy atom. The fourth-order valence-corrected chi connectivity index (χ4v) is 3.31. The molecule has 0 saturated heterocycles. The topological polar surface area (TPSA) is 4.93 Å². The van der Waals surface area contributed by atoms with Crippen LogP contribution in [0.15, 0.2) is 96.1 Å². The maximum absolute atomic E-state index is 14.7. The molecule has 5 heteroatoms. The number of benzene rings is 1. The van der Waals surface area contributed by atoms with Gasteiger partial charge in [0.25, 0.3) is 0 Å². The predicted octanol–water partition coefficient (Wildman–Crippen LogP) is 6.89. The molecule has 2 aliphatic carbocycles. The van der Waals surface area contributed by atoms with Crippen molar-refractivity contribution in [3.63, 3.8) is 0 Å². The number of rotatable bonds is 2. The lowest BCUT2D eigenvalue weighted by Crippen LogP contribution is -2.09. The van der Waals surface area contributed by atoms with Gasteiger partial charge in [-0.3, -0.25) is 0 Å². The first-order valence-corrected chi connectivity index (χ1v) is 8.71. The molecule has 140 valence electrons. The molecular formula is C23H15F4N. The van der Waals surface area contributed by atoms with Crippen molar-refractivity contribution >= 4 is 22.2 Å². The summed E-state index contributed by atoms with van der Waals surface area (Å²) in [7, 11) is 0. The second-order valence-corrected chi connectivity index (χ2v) is 6.37. The largest absolute Gasteiger partial charge is 0.416 e. The molecule has 4 rings (SSSR count). The van der Waals surface area contributed by atoms with E-state index in [1.165, 1.54) is 18.2 Å². The molecule has 2 aliphatic rings. The maximum atomic E-state index is 14.7. The van der Waals surface area contributed by atoms with Gasteiger partial charge < -0.3 is 4.57 Å². The summed E-state index contributed by atoms with van der Waals surface area (Å²) in [6.07, 6.45) is 7.08. The van der Waals surface area contributed by atoms with Crippen LogP contribution in [0.25, 0.3) is 22.2 Å². The minimum atomic E-state index is -4.41. The molecule has 1 aromatic carbocycles. The molecular weight excluding hydrogens is 366 g/mol. The molecule has 0 spiro atoms. The number of nitrogens with zero attached hydrogens (tertiary/aromatic N) is 1. The molecule has 0 unspecified atom stereocenters. The highest BCUT2D eigenvalue weighted by atomic mass is 19.4. The Kier molecular flexibility index (Phi) is 4.54. The second-order valence-electron chi connectivity index (χ2n) is 6.37. The van der Waals surface area contributed by atoms with Crippen LogP contribution in [0.5, 0.6) is 0 Å². The van der Waals surface area contributed by atoms with E-state index >= 15 is 0 Å². The lowest BCUT2D eigenvalue weighted by molar-refractivity contribution is -0.0883. The Labute approximate surface area is 159 Å². The molecule has 28 heavy (non-hydrogen) atoms. The van der Waals surface area contributed by atoms with Crippen molar-refractivity contribution in [3.05, 3.63) is 102 Å². The molecule has 1 heterocycles. The van der Waals surface area contributed by atoms with Crippen molar-refractivity contribution in [1.29, 1.82) is 0 Å². The minimum Gasteiger partial charge on any atom is -0.309 e. The lowest BCUT2D eigenvalue weighted by atomic mass is 10.1. The van der Waals surface area contributed by atoms with Crippen molar-refractivity contribution in [2.24, 2.45) is 0 Å². The molecule has 0 bridgehead atoms. The third-order valence-corrected chi connectivity index (χ3v) is 4.60. The average Bonchev–Trinajstić information content (AvgIpc) is 2.81. The van der Waals surface area contributed by atoms with Crippen LogP contribution in [0.1, 0.15) is 12.1 Å². The van der Waals surface area contributed by atoms with Crippen LogP contribution in [0.3, 0.4) is 0 Å². The summed E-state index contributed by atoms with van der Waals surface area (Å²) < 4.78 is 55.7. The summed E-state index contributed by atoms with van der Waals surface area (Å²) in [5, 5.41) is 0.870. The molecule has 0 radical (unpaired) electrons. The Balaban J connectivity index is 1.89. The predicted molar refractivity (Wildman–Crippen MR) is 104 cm³/mol. The van der Waals surface area contributed by atoms with E-state index in [0.29, 0.717) is 17.0 Å². The Morgan fingerprint density at radius 3 is 2.57 bits per heavy atom. The minimum absolute atomic E-state index is 0.127. The van der Waals surface area contributed by atoms with Gasteiger partial charge in [0.1, 0.15) is 5.83 Å². The highest BCUT2D eigenvalue weighted by molar-refractivity contribution is 5.93. The fraction of sp³-hybridized carbons (Fsp3) is 0.0870. The number of aromatic nitrogens is 1. The highest BCUT2D eigenvalue weighted by Gasteiger charge is 2.32. The van der Waals surface area contributed by atoms with Gasteiger partial charge >= 0.3 is 6.18 Å². The molecule has 2 aromatic rings. The number of hydrogen-bond donors (Lipinski definition) is 0. The van der Waals surface area contributed by atoms with Crippen molar-refractivity contribution in [3.8, 4) is 0 Å². The van der Waals surface area contributed by atoms with Gasteiger partial charge in [-0.2, -0.15) is 13.2 Å². The standard InChI is InChI=1S/C23H15F4N/c24-20-11-3-1-2-10-19(20)22-15-16-7-4-5-12-21(16)28(22)18-9-6-8-17(13-14-18)23(25,26)27/h2-5,7-15H,6H2. The maximum Gasteiger partial charge on any atom is 0.416 e. The molecule has 1 aromatic heterocycles. The van der Waals surface area contributed by atoms with Crippen molar-refractivity contribution in [2.45, 2.75) is 12.6 Å². The van der Waals surface area contributed by atoms with E-state index < -0.39 is 17.6 Å². The van der Waals surface area contributed by atoms with Gasteiger partial charge in [-0.1, -0.05) is 30.4 Å². The van der Waals surface area contributed by atoms with Crippen LogP contribution in [0, 0.1) is 0 Å². The van der Waals surface area contributed by atoms with Crippen molar-refractivity contribution in [2.75, 3.05) is 0 Å². The van der Waals surface area contributed by atoms with Gasteiger partial charge in [-0.05, 0) is 55.0 Å². The molecule has 0 saturated carbocycles. The third-order valence-electron chi connectivity index (χ3n) is 4.60. The van der Waals surface area contributed by atoms with Crippen LogP contribution < -0.4 is 0 Å². The third kappa shape index (κ3) is 3.32. The molecule has 1 nitrogen and oxygen atoms in total. The highest BCUT2D eigenvalue weighted by Crippen LogP contribution is 2.35. The van der Waals surface area contributed by atoms with Crippen LogP contribution in [0.4, 0.5) is 17.6 Å². The second kappa shape index (κ2) is 7.02. The van der Waals surface area contributed by atoms with Gasteiger partial charge in [0.05, 0.1) is 16.8 Å². The van der Waals surface area contributed by atoms with Crippen LogP contribution >= 0.6 is 0 Å². The monoisotopic (exact) mass is 381 g/mol. The van der Waals surface area contributed by atoms with E-state index in [0.717, 1.165) is 23.1 Å². The van der Waals surface area contributed by atoms with E-state index in [-0.39, 0.29) is 6.42 Å². The summed E-state index contributed by atoms with van der Waals surface area (Å²) >= 11 is 0. The van der Waals surface area contributed by atoms with Crippen LogP contribution in [-0.2, 0) is 0 Å². The zero-order chi connectivity index (χ0) is 19.7. The van der Waals surface area contributed by atoms with Crippen LogP contribution in [0.2, 0.25) is 0 Å². The van der Waals surface area contributed by atoms with Gasteiger partial charge in [-0.25, -0.2) is 4.39 Å². The van der Waals surface area contributed by atoms with E-state index in [1.54, 1.807) is 22.8 Å². The molecule has 0 amide bonds. The summed E-state index contributed by atoms with van der Waals surface area (Å²) in [4.78, 5) is 0. The van der Waals surface area contributed by atoms with E-state index in [1.807, 2.05) is 30.3 Å². The Hall–Kier alpha value is -3.30. The smallest absolute Gasteiger partial charge is 0.309 e. The first-order valence-electron chi connectivity index (χ1n) is 8.71. The van der Waals surface area contributed by atoms with Gasteiger partial charge in [0.15, 0.2) is 0 Å².